The summed E-state index contributed by atoms with van der Waals surface area (Å²) in [6, 6.07) is 10.2. The summed E-state index contributed by atoms with van der Waals surface area (Å²) < 4.78 is 0. The molecule has 88 valence electrons. The Morgan fingerprint density at radius 3 is 2.82 bits per heavy atom. The van der Waals surface area contributed by atoms with Crippen molar-refractivity contribution in [2.75, 3.05) is 0 Å². The smallest absolute Gasteiger partial charge is 0.122 e. The third-order valence-corrected chi connectivity index (χ3v) is 3.58. The first-order valence-electron chi connectivity index (χ1n) is 5.74. The molecular weight excluding hydrogens is 230 g/mol. The number of hydrogen-bond acceptors (Lipinski definition) is 3. The number of carbonyl (C=O) groups is 1. The maximum Gasteiger partial charge on any atom is 0.122 e. The van der Waals surface area contributed by atoms with Gasteiger partial charge in [0.1, 0.15) is 6.29 Å². The van der Waals surface area contributed by atoms with Gasteiger partial charge in [-0.05, 0) is 12.8 Å². The zero-order valence-electron chi connectivity index (χ0n) is 9.80. The van der Waals surface area contributed by atoms with E-state index in [0.717, 1.165) is 35.4 Å². The van der Waals surface area contributed by atoms with Gasteiger partial charge in [-0.3, -0.25) is 0 Å². The Labute approximate surface area is 105 Å². The molecule has 1 aromatic carbocycles. The van der Waals surface area contributed by atoms with Crippen molar-refractivity contribution in [1.29, 1.82) is 0 Å². The Balaban J connectivity index is 2.04. The molecule has 0 aliphatic heterocycles. The van der Waals surface area contributed by atoms with Gasteiger partial charge >= 0.3 is 0 Å². The largest absolute Gasteiger partial charge is 0.303 e. The summed E-state index contributed by atoms with van der Waals surface area (Å²) >= 11 is 1.67. The van der Waals surface area contributed by atoms with Gasteiger partial charge in [0.15, 0.2) is 0 Å². The Morgan fingerprint density at radius 1 is 1.35 bits per heavy atom. The van der Waals surface area contributed by atoms with Crippen LogP contribution in [0.5, 0.6) is 0 Å². The topological polar surface area (TPSA) is 30.0 Å². The van der Waals surface area contributed by atoms with Gasteiger partial charge in [0, 0.05) is 16.9 Å². The number of hydrogen-bond donors (Lipinski definition) is 0. The molecule has 2 rings (SSSR count). The Hall–Kier alpha value is -1.48. The Morgan fingerprint density at radius 2 is 2.12 bits per heavy atom. The van der Waals surface area contributed by atoms with Crippen LogP contribution in [-0.2, 0) is 11.2 Å². The zero-order chi connectivity index (χ0) is 12.1. The van der Waals surface area contributed by atoms with Crippen molar-refractivity contribution in [3.63, 3.8) is 0 Å². The molecule has 0 aliphatic rings. The van der Waals surface area contributed by atoms with E-state index in [1.165, 1.54) is 0 Å². The van der Waals surface area contributed by atoms with Crippen LogP contribution in [-0.4, -0.2) is 11.3 Å². The number of carbonyl (C=O) groups excluding carboxylic acids is 1. The molecule has 0 bridgehead atoms. The molecule has 1 unspecified atom stereocenters. The van der Waals surface area contributed by atoms with E-state index in [2.05, 4.69) is 22.5 Å². The molecule has 2 nitrogen and oxygen atoms in total. The first-order chi connectivity index (χ1) is 8.29. The van der Waals surface area contributed by atoms with E-state index in [9.17, 15) is 4.79 Å². The minimum Gasteiger partial charge on any atom is -0.303 e. The van der Waals surface area contributed by atoms with Crippen molar-refractivity contribution in [3.05, 3.63) is 40.7 Å². The van der Waals surface area contributed by atoms with Gasteiger partial charge < -0.3 is 4.79 Å². The highest BCUT2D eigenvalue weighted by Gasteiger charge is 2.06. The van der Waals surface area contributed by atoms with E-state index in [1.54, 1.807) is 11.3 Å². The van der Waals surface area contributed by atoms with Gasteiger partial charge in [-0.2, -0.15) is 0 Å². The van der Waals surface area contributed by atoms with Crippen molar-refractivity contribution >= 4 is 17.6 Å². The molecule has 17 heavy (non-hydrogen) atoms. The molecule has 0 amide bonds. The van der Waals surface area contributed by atoms with Gasteiger partial charge in [0.25, 0.3) is 0 Å². The van der Waals surface area contributed by atoms with E-state index in [0.29, 0.717) is 0 Å². The average Bonchev–Trinajstić information content (AvgIpc) is 2.86. The molecule has 0 saturated heterocycles. The highest BCUT2D eigenvalue weighted by molar-refractivity contribution is 7.09. The molecule has 1 heterocycles. The maximum atomic E-state index is 10.5. The Kier molecular flexibility index (Phi) is 4.04. The molecule has 3 heteroatoms. The first-order valence-corrected chi connectivity index (χ1v) is 6.62. The standard InChI is InChI=1S/C14H15NOS/c1-11(9-16)7-8-14-15-13(10-17-14)12-5-3-2-4-6-12/h2-6,9-11H,7-8H2,1H3. The number of aromatic nitrogens is 1. The Bertz CT molecular complexity index is 478. The highest BCUT2D eigenvalue weighted by Crippen LogP contribution is 2.22. The summed E-state index contributed by atoms with van der Waals surface area (Å²) in [4.78, 5) is 15.1. The molecular formula is C14H15NOS. The van der Waals surface area contributed by atoms with Crippen LogP contribution >= 0.6 is 11.3 Å². The lowest BCUT2D eigenvalue weighted by atomic mass is 10.1. The van der Waals surface area contributed by atoms with E-state index < -0.39 is 0 Å². The lowest BCUT2D eigenvalue weighted by Crippen LogP contribution is -1.97. The third-order valence-electron chi connectivity index (χ3n) is 2.67. The van der Waals surface area contributed by atoms with Crippen LogP contribution in [0.25, 0.3) is 11.3 Å². The lowest BCUT2D eigenvalue weighted by molar-refractivity contribution is -0.110. The molecule has 0 fully saturated rings. The minimum atomic E-state index is 0.124. The van der Waals surface area contributed by atoms with E-state index in [-0.39, 0.29) is 5.92 Å². The normalized spacial score (nSPS) is 12.3. The van der Waals surface area contributed by atoms with Gasteiger partial charge in [-0.25, -0.2) is 4.98 Å². The van der Waals surface area contributed by atoms with Crippen LogP contribution < -0.4 is 0 Å². The first kappa shape index (κ1) is 12.0. The van der Waals surface area contributed by atoms with Crippen molar-refractivity contribution < 1.29 is 4.79 Å². The fourth-order valence-electron chi connectivity index (χ4n) is 1.59. The maximum absolute atomic E-state index is 10.5. The van der Waals surface area contributed by atoms with Gasteiger partial charge in [-0.15, -0.1) is 11.3 Å². The quantitative estimate of drug-likeness (QED) is 0.754. The molecule has 0 radical (unpaired) electrons. The summed E-state index contributed by atoms with van der Waals surface area (Å²) in [7, 11) is 0. The fourth-order valence-corrected chi connectivity index (χ4v) is 2.41. The molecule has 0 aliphatic carbocycles. The molecule has 1 aromatic heterocycles. The van der Waals surface area contributed by atoms with E-state index in [1.807, 2.05) is 25.1 Å². The SMILES string of the molecule is CC(C=O)CCc1nc(-c2ccccc2)cs1. The van der Waals surface area contributed by atoms with E-state index in [4.69, 9.17) is 0 Å². The minimum absolute atomic E-state index is 0.124. The number of aryl methyl sites for hydroxylation is 1. The monoisotopic (exact) mass is 245 g/mol. The van der Waals surface area contributed by atoms with Crippen molar-refractivity contribution in [1.82, 2.24) is 4.98 Å². The van der Waals surface area contributed by atoms with Crippen LogP contribution in [0.2, 0.25) is 0 Å². The number of rotatable bonds is 5. The van der Waals surface area contributed by atoms with Gasteiger partial charge in [0.05, 0.1) is 10.7 Å². The van der Waals surface area contributed by atoms with Crippen LogP contribution in [0.3, 0.4) is 0 Å². The van der Waals surface area contributed by atoms with E-state index >= 15 is 0 Å². The van der Waals surface area contributed by atoms with Crippen LogP contribution in [0.15, 0.2) is 35.7 Å². The molecule has 0 saturated carbocycles. The van der Waals surface area contributed by atoms with Crippen molar-refractivity contribution in [2.45, 2.75) is 19.8 Å². The predicted octanol–water partition coefficient (Wildman–Crippen LogP) is 3.58. The van der Waals surface area contributed by atoms with Crippen molar-refractivity contribution in [2.24, 2.45) is 5.92 Å². The van der Waals surface area contributed by atoms with Gasteiger partial charge in [0.2, 0.25) is 0 Å². The van der Waals surface area contributed by atoms with Crippen LogP contribution in [0, 0.1) is 5.92 Å². The number of nitrogens with zero attached hydrogens (tertiary/aromatic N) is 1. The lowest BCUT2D eigenvalue weighted by Gasteiger charge is -1.99. The second-order valence-electron chi connectivity index (χ2n) is 4.14. The summed E-state index contributed by atoms with van der Waals surface area (Å²) in [5, 5.41) is 3.19. The average molecular weight is 245 g/mol. The van der Waals surface area contributed by atoms with Crippen LogP contribution in [0.4, 0.5) is 0 Å². The summed E-state index contributed by atoms with van der Waals surface area (Å²) in [6.07, 6.45) is 2.77. The molecule has 1 atom stereocenters. The summed E-state index contributed by atoms with van der Waals surface area (Å²) in [5.41, 5.74) is 2.18. The highest BCUT2D eigenvalue weighted by atomic mass is 32.1. The summed E-state index contributed by atoms with van der Waals surface area (Å²) in [6.45, 7) is 1.94. The molecule has 0 spiro atoms. The zero-order valence-corrected chi connectivity index (χ0v) is 10.6. The number of thiazole rings is 1. The molecule has 0 N–H and O–H groups in total. The fraction of sp³-hybridized carbons (Fsp3) is 0.286. The van der Waals surface area contributed by atoms with Crippen molar-refractivity contribution in [3.8, 4) is 11.3 Å². The van der Waals surface area contributed by atoms with Crippen LogP contribution in [0.1, 0.15) is 18.4 Å². The number of aldehydes is 1. The second-order valence-corrected chi connectivity index (χ2v) is 5.09. The number of benzene rings is 1. The summed E-state index contributed by atoms with van der Waals surface area (Å²) in [5.74, 6) is 0.124. The third kappa shape index (κ3) is 3.24. The second kappa shape index (κ2) is 5.73. The molecule has 2 aromatic rings. The predicted molar refractivity (Wildman–Crippen MR) is 71.1 cm³/mol. The van der Waals surface area contributed by atoms with Gasteiger partial charge in [-0.1, -0.05) is 37.3 Å².